The first-order chi connectivity index (χ1) is 14.0. The zero-order chi connectivity index (χ0) is 22.4. The fraction of sp³-hybridized carbons (Fsp3) is 0.571. The Labute approximate surface area is 174 Å². The lowest BCUT2D eigenvalue weighted by atomic mass is 9.82. The molecule has 0 spiro atoms. The van der Waals surface area contributed by atoms with Gasteiger partial charge in [-0.1, -0.05) is 12.8 Å². The first kappa shape index (κ1) is 23.6. The summed E-state index contributed by atoms with van der Waals surface area (Å²) in [6, 6.07) is 5.36. The van der Waals surface area contributed by atoms with Crippen LogP contribution in [0.25, 0.3) is 0 Å². The summed E-state index contributed by atoms with van der Waals surface area (Å²) in [5, 5.41) is 5.37. The Morgan fingerprint density at radius 1 is 1.07 bits per heavy atom. The molecule has 2 amide bonds. The van der Waals surface area contributed by atoms with E-state index in [4.69, 9.17) is 4.74 Å². The van der Waals surface area contributed by atoms with E-state index in [2.05, 4.69) is 15.4 Å². The van der Waals surface area contributed by atoms with Crippen LogP contribution in [0.5, 0.6) is 5.75 Å². The molecular formula is C21H28F2N2O5. The van der Waals surface area contributed by atoms with Gasteiger partial charge in [-0.15, -0.1) is 0 Å². The van der Waals surface area contributed by atoms with Crippen LogP contribution < -0.4 is 15.4 Å². The minimum absolute atomic E-state index is 0.0241. The molecule has 2 N–H and O–H groups in total. The monoisotopic (exact) mass is 426 g/mol. The van der Waals surface area contributed by atoms with Crippen molar-refractivity contribution in [1.29, 1.82) is 0 Å². The Bertz CT molecular complexity index is 754. The van der Waals surface area contributed by atoms with Crippen LogP contribution >= 0.6 is 0 Å². The van der Waals surface area contributed by atoms with Gasteiger partial charge in [0.1, 0.15) is 5.75 Å². The lowest BCUT2D eigenvalue weighted by Crippen LogP contribution is -2.44. The number of amides is 2. The van der Waals surface area contributed by atoms with Crippen LogP contribution in [0.2, 0.25) is 0 Å². The predicted molar refractivity (Wildman–Crippen MR) is 106 cm³/mol. The van der Waals surface area contributed by atoms with E-state index in [1.54, 1.807) is 0 Å². The number of carbonyl (C=O) groups excluding carboxylic acids is 3. The molecule has 0 unspecified atom stereocenters. The van der Waals surface area contributed by atoms with Crippen molar-refractivity contribution in [3.05, 3.63) is 24.3 Å². The molecule has 1 aromatic carbocycles. The molecule has 0 aromatic heterocycles. The van der Waals surface area contributed by atoms with Gasteiger partial charge >= 0.3 is 12.6 Å². The second-order valence-electron chi connectivity index (χ2n) is 8.49. The van der Waals surface area contributed by atoms with Crippen molar-refractivity contribution >= 4 is 23.5 Å². The highest BCUT2D eigenvalue weighted by atomic mass is 19.3. The van der Waals surface area contributed by atoms with E-state index in [0.717, 1.165) is 12.8 Å². The lowest BCUT2D eigenvalue weighted by Gasteiger charge is -2.28. The van der Waals surface area contributed by atoms with Crippen molar-refractivity contribution in [2.45, 2.75) is 65.0 Å². The second-order valence-corrected chi connectivity index (χ2v) is 8.49. The van der Waals surface area contributed by atoms with E-state index >= 15 is 0 Å². The highest BCUT2D eigenvalue weighted by Gasteiger charge is 2.44. The normalized spacial score (nSPS) is 15.5. The van der Waals surface area contributed by atoms with E-state index in [1.165, 1.54) is 24.3 Å². The van der Waals surface area contributed by atoms with Crippen LogP contribution in [0.3, 0.4) is 0 Å². The maximum atomic E-state index is 12.7. The van der Waals surface area contributed by atoms with Crippen LogP contribution in [0, 0.1) is 5.41 Å². The average Bonchev–Trinajstić information content (AvgIpc) is 3.09. The van der Waals surface area contributed by atoms with Crippen molar-refractivity contribution < 1.29 is 32.6 Å². The van der Waals surface area contributed by atoms with Gasteiger partial charge in [0.05, 0.1) is 5.41 Å². The van der Waals surface area contributed by atoms with Crippen LogP contribution in [0.1, 0.15) is 52.9 Å². The number of anilines is 1. The molecule has 30 heavy (non-hydrogen) atoms. The minimum Gasteiger partial charge on any atom is -0.455 e. The van der Waals surface area contributed by atoms with Gasteiger partial charge in [-0.2, -0.15) is 8.78 Å². The summed E-state index contributed by atoms with van der Waals surface area (Å²) in [5.74, 6) is -1.39. The van der Waals surface area contributed by atoms with E-state index in [1.807, 2.05) is 20.8 Å². The SMILES string of the molecule is CC(C)(C)NC(=O)CC1(C(=O)OCC(=O)Nc2ccc(OC(F)F)cc2)CCCC1. The Morgan fingerprint density at radius 3 is 2.20 bits per heavy atom. The third kappa shape index (κ3) is 7.27. The molecular weight excluding hydrogens is 398 g/mol. The maximum absolute atomic E-state index is 12.7. The number of esters is 1. The van der Waals surface area contributed by atoms with Crippen molar-refractivity contribution in [1.82, 2.24) is 5.32 Å². The van der Waals surface area contributed by atoms with E-state index in [9.17, 15) is 23.2 Å². The van der Waals surface area contributed by atoms with E-state index < -0.39 is 36.0 Å². The number of nitrogens with one attached hydrogen (secondary N) is 2. The van der Waals surface area contributed by atoms with Gasteiger partial charge in [0.2, 0.25) is 5.91 Å². The zero-order valence-electron chi connectivity index (χ0n) is 17.4. The number of benzene rings is 1. The molecule has 7 nitrogen and oxygen atoms in total. The Morgan fingerprint density at radius 2 is 1.67 bits per heavy atom. The summed E-state index contributed by atoms with van der Waals surface area (Å²) in [4.78, 5) is 37.1. The number of halogens is 2. The number of carbonyl (C=O) groups is 3. The van der Waals surface area contributed by atoms with Crippen molar-refractivity contribution in [2.24, 2.45) is 5.41 Å². The standard InChI is InChI=1S/C21H28F2N2O5/c1-20(2,3)25-16(26)12-21(10-4-5-11-21)18(28)29-13-17(27)24-14-6-8-15(9-7-14)30-19(22)23/h6-9,19H,4-5,10-13H2,1-3H3,(H,24,27)(H,25,26). The van der Waals surface area contributed by atoms with Gasteiger partial charge in [-0.25, -0.2) is 0 Å². The molecule has 2 rings (SSSR count). The molecule has 0 saturated heterocycles. The Hall–Kier alpha value is -2.71. The van der Waals surface area contributed by atoms with Crippen molar-refractivity contribution in [3.63, 3.8) is 0 Å². The quantitative estimate of drug-likeness (QED) is 0.619. The molecule has 0 heterocycles. The molecule has 1 aliphatic rings. The lowest BCUT2D eigenvalue weighted by molar-refractivity contribution is -0.160. The average molecular weight is 426 g/mol. The van der Waals surface area contributed by atoms with Gasteiger partial charge < -0.3 is 20.1 Å². The van der Waals surface area contributed by atoms with Gasteiger partial charge in [-0.05, 0) is 57.9 Å². The molecule has 0 atom stereocenters. The predicted octanol–water partition coefficient (Wildman–Crippen LogP) is 3.63. The smallest absolute Gasteiger partial charge is 0.387 e. The highest BCUT2D eigenvalue weighted by Crippen LogP contribution is 2.42. The molecule has 1 aromatic rings. The topological polar surface area (TPSA) is 93.7 Å². The largest absolute Gasteiger partial charge is 0.455 e. The number of hydrogen-bond donors (Lipinski definition) is 2. The third-order valence-electron chi connectivity index (χ3n) is 4.70. The fourth-order valence-electron chi connectivity index (χ4n) is 3.48. The summed E-state index contributed by atoms with van der Waals surface area (Å²) in [7, 11) is 0. The highest BCUT2D eigenvalue weighted by molar-refractivity contribution is 5.94. The molecule has 1 aliphatic carbocycles. The molecule has 0 radical (unpaired) electrons. The summed E-state index contributed by atoms with van der Waals surface area (Å²) in [5.41, 5.74) is -0.974. The van der Waals surface area contributed by atoms with Crippen LogP contribution in [0.15, 0.2) is 24.3 Å². The van der Waals surface area contributed by atoms with Gasteiger partial charge in [0, 0.05) is 17.6 Å². The Balaban J connectivity index is 1.89. The molecule has 0 bridgehead atoms. The van der Waals surface area contributed by atoms with Gasteiger partial charge in [-0.3, -0.25) is 14.4 Å². The summed E-state index contributed by atoms with van der Waals surface area (Å²) < 4.78 is 33.8. The first-order valence-corrected chi connectivity index (χ1v) is 9.82. The van der Waals surface area contributed by atoms with E-state index in [0.29, 0.717) is 18.5 Å². The molecule has 1 saturated carbocycles. The zero-order valence-corrected chi connectivity index (χ0v) is 17.4. The molecule has 9 heteroatoms. The number of hydrogen-bond acceptors (Lipinski definition) is 5. The summed E-state index contributed by atoms with van der Waals surface area (Å²) in [6.07, 6.45) is 2.73. The number of alkyl halides is 2. The number of rotatable bonds is 8. The fourth-order valence-corrected chi connectivity index (χ4v) is 3.48. The summed E-state index contributed by atoms with van der Waals surface area (Å²) in [6.45, 7) is 2.15. The molecule has 0 aliphatic heterocycles. The van der Waals surface area contributed by atoms with Crippen LogP contribution in [-0.4, -0.2) is 36.5 Å². The second kappa shape index (κ2) is 9.86. The van der Waals surface area contributed by atoms with Gasteiger partial charge in [0.15, 0.2) is 6.61 Å². The Kier molecular flexibility index (Phi) is 7.75. The first-order valence-electron chi connectivity index (χ1n) is 9.82. The van der Waals surface area contributed by atoms with Crippen molar-refractivity contribution in [2.75, 3.05) is 11.9 Å². The number of ether oxygens (including phenoxy) is 2. The van der Waals surface area contributed by atoms with Crippen LogP contribution in [0.4, 0.5) is 14.5 Å². The van der Waals surface area contributed by atoms with Crippen LogP contribution in [-0.2, 0) is 19.1 Å². The van der Waals surface area contributed by atoms with E-state index in [-0.39, 0.29) is 18.1 Å². The molecule has 1 fully saturated rings. The van der Waals surface area contributed by atoms with Gasteiger partial charge in [0.25, 0.3) is 5.91 Å². The molecule has 166 valence electrons. The van der Waals surface area contributed by atoms with Crippen molar-refractivity contribution in [3.8, 4) is 5.75 Å². The maximum Gasteiger partial charge on any atom is 0.387 e. The third-order valence-corrected chi connectivity index (χ3v) is 4.70. The minimum atomic E-state index is -2.93. The summed E-state index contributed by atoms with van der Waals surface area (Å²) >= 11 is 0.